The van der Waals surface area contributed by atoms with Gasteiger partial charge in [0.25, 0.3) is 0 Å². The molecule has 0 bridgehead atoms. The summed E-state index contributed by atoms with van der Waals surface area (Å²) in [6.45, 7) is 2.13. The predicted octanol–water partition coefficient (Wildman–Crippen LogP) is 3.68. The van der Waals surface area contributed by atoms with Crippen molar-refractivity contribution in [3.05, 3.63) is 36.9 Å². The lowest BCUT2D eigenvalue weighted by Gasteiger charge is -2.10. The molecule has 0 aromatic carbocycles. The maximum Gasteiger partial charge on any atom is 0.137 e. The van der Waals surface area contributed by atoms with E-state index < -0.39 is 0 Å². The molecule has 0 amide bonds. The van der Waals surface area contributed by atoms with E-state index in [-0.39, 0.29) is 0 Å². The van der Waals surface area contributed by atoms with Crippen molar-refractivity contribution in [2.75, 3.05) is 0 Å². The van der Waals surface area contributed by atoms with Gasteiger partial charge in [0.05, 0.1) is 12.3 Å². The van der Waals surface area contributed by atoms with Crippen molar-refractivity contribution >= 4 is 11.0 Å². The maximum absolute atomic E-state index is 8.60. The lowest BCUT2D eigenvalue weighted by atomic mass is 10.1. The number of H-pyrrole nitrogens is 1. The summed E-state index contributed by atoms with van der Waals surface area (Å²) in [5.41, 5.74) is 3.12. The van der Waals surface area contributed by atoms with Crippen LogP contribution in [0.5, 0.6) is 0 Å². The highest BCUT2D eigenvalue weighted by molar-refractivity contribution is 5.92. The lowest BCUT2D eigenvalue weighted by Crippen LogP contribution is -2.05. The summed E-state index contributed by atoms with van der Waals surface area (Å²) in [5, 5.41) is 14.2. The number of rotatable bonds is 5. The fourth-order valence-electron chi connectivity index (χ4n) is 2.54. The molecular formula is C16H17N5. The summed E-state index contributed by atoms with van der Waals surface area (Å²) in [6.07, 6.45) is 10.1. The third-order valence-corrected chi connectivity index (χ3v) is 3.73. The molecule has 0 spiro atoms. The van der Waals surface area contributed by atoms with Crippen molar-refractivity contribution in [2.45, 2.75) is 32.2 Å². The van der Waals surface area contributed by atoms with Crippen LogP contribution >= 0.6 is 0 Å². The molecule has 3 aromatic heterocycles. The Bertz CT molecular complexity index is 777. The average Bonchev–Trinajstić information content (AvgIpc) is 3.16. The summed E-state index contributed by atoms with van der Waals surface area (Å²) >= 11 is 0. The van der Waals surface area contributed by atoms with Crippen LogP contribution in [0.25, 0.3) is 22.2 Å². The minimum Gasteiger partial charge on any atom is -0.346 e. The molecule has 0 saturated carbocycles. The molecule has 3 aromatic rings. The molecule has 0 radical (unpaired) electrons. The molecule has 0 aliphatic rings. The third-order valence-electron chi connectivity index (χ3n) is 3.73. The number of fused-ring (bicyclic) bond motifs is 1. The van der Waals surface area contributed by atoms with Gasteiger partial charge in [-0.1, -0.05) is 0 Å². The fourth-order valence-corrected chi connectivity index (χ4v) is 2.54. The lowest BCUT2D eigenvalue weighted by molar-refractivity contribution is 0.449. The number of hydrogen-bond donors (Lipinski definition) is 1. The van der Waals surface area contributed by atoms with E-state index in [1.165, 1.54) is 0 Å². The van der Waals surface area contributed by atoms with Crippen molar-refractivity contribution in [2.24, 2.45) is 0 Å². The van der Waals surface area contributed by atoms with E-state index in [1.54, 1.807) is 0 Å². The van der Waals surface area contributed by atoms with Gasteiger partial charge in [-0.25, -0.2) is 4.98 Å². The van der Waals surface area contributed by atoms with Gasteiger partial charge in [0.2, 0.25) is 0 Å². The first-order chi connectivity index (χ1) is 10.3. The Labute approximate surface area is 123 Å². The van der Waals surface area contributed by atoms with Crippen LogP contribution in [0.15, 0.2) is 36.9 Å². The molecule has 1 N–H and O–H groups in total. The molecule has 21 heavy (non-hydrogen) atoms. The first-order valence-electron chi connectivity index (χ1n) is 7.13. The second-order valence-corrected chi connectivity index (χ2v) is 5.21. The van der Waals surface area contributed by atoms with Crippen LogP contribution in [0.1, 0.15) is 32.2 Å². The average molecular weight is 279 g/mol. The SMILES string of the molecule is CC(CCCC#N)n1cc(-c2ccnc3[nH]ccc23)cn1. The first-order valence-corrected chi connectivity index (χ1v) is 7.13. The van der Waals surface area contributed by atoms with E-state index in [0.717, 1.165) is 35.0 Å². The van der Waals surface area contributed by atoms with E-state index in [2.05, 4.69) is 34.3 Å². The molecule has 1 atom stereocenters. The number of aromatic nitrogens is 4. The van der Waals surface area contributed by atoms with Crippen LogP contribution in [-0.2, 0) is 0 Å². The molecule has 0 aliphatic heterocycles. The van der Waals surface area contributed by atoms with Gasteiger partial charge >= 0.3 is 0 Å². The molecule has 0 saturated heterocycles. The van der Waals surface area contributed by atoms with Gasteiger partial charge in [-0.3, -0.25) is 4.68 Å². The summed E-state index contributed by atoms with van der Waals surface area (Å²) < 4.78 is 1.98. The van der Waals surface area contributed by atoms with Gasteiger partial charge in [-0.2, -0.15) is 10.4 Å². The molecule has 0 fully saturated rings. The van der Waals surface area contributed by atoms with Crippen LogP contribution in [0, 0.1) is 11.3 Å². The minimum atomic E-state index is 0.302. The van der Waals surface area contributed by atoms with Crippen molar-refractivity contribution in [1.29, 1.82) is 5.26 Å². The van der Waals surface area contributed by atoms with Crippen LogP contribution in [-0.4, -0.2) is 19.7 Å². The number of aromatic amines is 1. The Kier molecular flexibility index (Phi) is 3.69. The smallest absolute Gasteiger partial charge is 0.137 e. The molecule has 5 heteroatoms. The topological polar surface area (TPSA) is 70.3 Å². The zero-order chi connectivity index (χ0) is 14.7. The van der Waals surface area contributed by atoms with E-state index in [4.69, 9.17) is 5.26 Å². The number of nitriles is 1. The second kappa shape index (κ2) is 5.80. The zero-order valence-electron chi connectivity index (χ0n) is 12.0. The van der Waals surface area contributed by atoms with Crippen LogP contribution in [0.2, 0.25) is 0 Å². The quantitative estimate of drug-likeness (QED) is 0.724. The third kappa shape index (κ3) is 2.65. The van der Waals surface area contributed by atoms with Crippen molar-refractivity contribution < 1.29 is 0 Å². The Balaban J connectivity index is 1.85. The highest BCUT2D eigenvalue weighted by Crippen LogP contribution is 2.27. The van der Waals surface area contributed by atoms with Crippen molar-refractivity contribution in [3.63, 3.8) is 0 Å². The van der Waals surface area contributed by atoms with E-state index in [0.29, 0.717) is 12.5 Å². The Morgan fingerprint density at radius 1 is 1.43 bits per heavy atom. The van der Waals surface area contributed by atoms with E-state index >= 15 is 0 Å². The van der Waals surface area contributed by atoms with Crippen LogP contribution in [0.4, 0.5) is 0 Å². The number of hydrogen-bond acceptors (Lipinski definition) is 3. The summed E-state index contributed by atoms with van der Waals surface area (Å²) in [7, 11) is 0. The number of nitrogens with zero attached hydrogens (tertiary/aromatic N) is 4. The predicted molar refractivity (Wildman–Crippen MR) is 81.5 cm³/mol. The number of pyridine rings is 1. The van der Waals surface area contributed by atoms with Gasteiger partial charge in [0.15, 0.2) is 0 Å². The van der Waals surface area contributed by atoms with Gasteiger partial charge in [0.1, 0.15) is 5.65 Å². The molecule has 106 valence electrons. The fraction of sp³-hybridized carbons (Fsp3) is 0.312. The Morgan fingerprint density at radius 3 is 3.19 bits per heavy atom. The summed E-state index contributed by atoms with van der Waals surface area (Å²) in [6, 6.07) is 6.53. The second-order valence-electron chi connectivity index (χ2n) is 5.21. The van der Waals surface area contributed by atoms with E-state index in [9.17, 15) is 0 Å². The van der Waals surface area contributed by atoms with Crippen molar-refractivity contribution in [3.8, 4) is 17.2 Å². The highest BCUT2D eigenvalue weighted by atomic mass is 15.3. The van der Waals surface area contributed by atoms with Crippen LogP contribution < -0.4 is 0 Å². The molecule has 5 nitrogen and oxygen atoms in total. The normalized spacial score (nSPS) is 12.4. The maximum atomic E-state index is 8.60. The zero-order valence-corrected chi connectivity index (χ0v) is 12.0. The van der Waals surface area contributed by atoms with Gasteiger partial charge in [-0.05, 0) is 37.5 Å². The molecule has 1 unspecified atom stereocenters. The van der Waals surface area contributed by atoms with Gasteiger partial charge in [-0.15, -0.1) is 0 Å². The standard InChI is InChI=1S/C16H17N5/c1-12(4-2-3-7-17)21-11-13(10-20-21)14-5-8-18-16-15(14)6-9-19-16/h5-6,8-12H,2-4H2,1H3,(H,18,19). The van der Waals surface area contributed by atoms with Crippen LogP contribution in [0.3, 0.4) is 0 Å². The summed E-state index contributed by atoms with van der Waals surface area (Å²) in [5.74, 6) is 0. The Hall–Kier alpha value is -2.61. The number of unbranched alkanes of at least 4 members (excludes halogenated alkanes) is 1. The molecule has 3 rings (SSSR count). The minimum absolute atomic E-state index is 0.302. The van der Waals surface area contributed by atoms with Gasteiger partial charge < -0.3 is 4.98 Å². The van der Waals surface area contributed by atoms with Crippen molar-refractivity contribution in [1.82, 2.24) is 19.7 Å². The summed E-state index contributed by atoms with van der Waals surface area (Å²) in [4.78, 5) is 7.43. The molecule has 3 heterocycles. The largest absolute Gasteiger partial charge is 0.346 e. The Morgan fingerprint density at radius 2 is 2.33 bits per heavy atom. The first kappa shape index (κ1) is 13.4. The molecular weight excluding hydrogens is 262 g/mol. The molecule has 0 aliphatic carbocycles. The number of nitrogens with one attached hydrogen (secondary N) is 1. The highest BCUT2D eigenvalue weighted by Gasteiger charge is 2.10. The monoisotopic (exact) mass is 279 g/mol. The van der Waals surface area contributed by atoms with E-state index in [1.807, 2.05) is 35.4 Å². The van der Waals surface area contributed by atoms with Gasteiger partial charge in [0, 0.05) is 42.0 Å².